The lowest BCUT2D eigenvalue weighted by molar-refractivity contribution is 0.0689. The second kappa shape index (κ2) is 6.08. The zero-order valence-electron chi connectivity index (χ0n) is 12.9. The van der Waals surface area contributed by atoms with Crippen LogP contribution in [0.2, 0.25) is 0 Å². The van der Waals surface area contributed by atoms with Crippen molar-refractivity contribution in [2.24, 2.45) is 5.92 Å². The predicted octanol–water partition coefficient (Wildman–Crippen LogP) is 3.29. The molecule has 0 bridgehead atoms. The molecule has 1 heterocycles. The Kier molecular flexibility index (Phi) is 4.40. The van der Waals surface area contributed by atoms with E-state index >= 15 is 0 Å². The molecule has 0 saturated heterocycles. The highest BCUT2D eigenvalue weighted by Gasteiger charge is 2.20. The van der Waals surface area contributed by atoms with Gasteiger partial charge in [0, 0.05) is 0 Å². The molecule has 5 nitrogen and oxygen atoms in total. The third kappa shape index (κ3) is 3.29. The minimum Gasteiger partial charge on any atom is -0.476 e. The molecule has 0 aliphatic heterocycles. The quantitative estimate of drug-likeness (QED) is 0.916. The van der Waals surface area contributed by atoms with Crippen molar-refractivity contribution in [3.63, 3.8) is 0 Å². The van der Waals surface area contributed by atoms with Crippen LogP contribution in [-0.2, 0) is 6.42 Å². The number of rotatable bonds is 5. The first-order chi connectivity index (χ1) is 9.90. The van der Waals surface area contributed by atoms with E-state index in [1.54, 1.807) is 4.68 Å². The highest BCUT2D eigenvalue weighted by atomic mass is 16.4. The van der Waals surface area contributed by atoms with Crippen LogP contribution in [0.3, 0.4) is 0 Å². The fraction of sp³-hybridized carbons (Fsp3) is 0.438. The Hall–Kier alpha value is -2.17. The molecule has 0 amide bonds. The molecule has 2 rings (SSSR count). The van der Waals surface area contributed by atoms with Crippen LogP contribution in [0.25, 0.3) is 5.69 Å². The smallest absolute Gasteiger partial charge is 0.358 e. The van der Waals surface area contributed by atoms with E-state index < -0.39 is 5.97 Å². The zero-order valence-corrected chi connectivity index (χ0v) is 12.9. The van der Waals surface area contributed by atoms with Gasteiger partial charge < -0.3 is 5.11 Å². The number of aromatic nitrogens is 3. The molecule has 0 aliphatic carbocycles. The van der Waals surface area contributed by atoms with Gasteiger partial charge in [-0.2, -0.15) is 0 Å². The molecule has 112 valence electrons. The molecular formula is C16H21N3O2. The summed E-state index contributed by atoms with van der Waals surface area (Å²) < 4.78 is 1.63. The molecular weight excluding hydrogens is 266 g/mol. The second-order valence-corrected chi connectivity index (χ2v) is 5.95. The molecule has 1 aromatic heterocycles. The molecule has 0 spiro atoms. The van der Waals surface area contributed by atoms with Gasteiger partial charge in [0.25, 0.3) is 0 Å². The summed E-state index contributed by atoms with van der Waals surface area (Å²) in [5.74, 6) is -0.245. The number of carbonyl (C=O) groups is 1. The van der Waals surface area contributed by atoms with Crippen LogP contribution >= 0.6 is 0 Å². The van der Waals surface area contributed by atoms with Gasteiger partial charge in [-0.05, 0) is 36.0 Å². The minimum atomic E-state index is -1.03. The number of benzene rings is 1. The van der Waals surface area contributed by atoms with Crippen LogP contribution in [-0.4, -0.2) is 26.1 Å². The Morgan fingerprint density at radius 2 is 1.81 bits per heavy atom. The summed E-state index contributed by atoms with van der Waals surface area (Å²) in [6.07, 6.45) is 0.626. The monoisotopic (exact) mass is 287 g/mol. The van der Waals surface area contributed by atoms with Gasteiger partial charge >= 0.3 is 5.97 Å². The summed E-state index contributed by atoms with van der Waals surface area (Å²) in [4.78, 5) is 11.3. The molecule has 0 aliphatic rings. The number of carboxylic acids is 1. The average Bonchev–Trinajstić information content (AvgIpc) is 2.81. The van der Waals surface area contributed by atoms with Crippen LogP contribution in [0.1, 0.15) is 55.4 Å². The van der Waals surface area contributed by atoms with E-state index in [0.717, 1.165) is 5.69 Å². The van der Waals surface area contributed by atoms with E-state index in [4.69, 9.17) is 0 Å². The molecule has 1 aromatic carbocycles. The van der Waals surface area contributed by atoms with Crippen molar-refractivity contribution in [3.8, 4) is 5.69 Å². The Bertz CT molecular complexity index is 627. The Morgan fingerprint density at radius 1 is 1.19 bits per heavy atom. The Labute approximate surface area is 124 Å². The van der Waals surface area contributed by atoms with Crippen LogP contribution in [0.15, 0.2) is 24.3 Å². The third-order valence-corrected chi connectivity index (χ3v) is 3.37. The first-order valence-electron chi connectivity index (χ1n) is 7.18. The average molecular weight is 287 g/mol. The molecule has 21 heavy (non-hydrogen) atoms. The van der Waals surface area contributed by atoms with Gasteiger partial charge in [0.15, 0.2) is 5.69 Å². The molecule has 0 radical (unpaired) electrons. The fourth-order valence-electron chi connectivity index (χ4n) is 2.25. The van der Waals surface area contributed by atoms with Crippen molar-refractivity contribution in [3.05, 3.63) is 41.2 Å². The van der Waals surface area contributed by atoms with Crippen molar-refractivity contribution in [1.82, 2.24) is 15.0 Å². The minimum absolute atomic E-state index is 0.0386. The van der Waals surface area contributed by atoms with Gasteiger partial charge in [0.05, 0.1) is 11.4 Å². The number of hydrogen-bond donors (Lipinski definition) is 1. The molecule has 0 atom stereocenters. The summed E-state index contributed by atoms with van der Waals surface area (Å²) in [5.41, 5.74) is 2.77. The first-order valence-corrected chi connectivity index (χ1v) is 7.18. The summed E-state index contributed by atoms with van der Waals surface area (Å²) in [5, 5.41) is 17.1. The van der Waals surface area contributed by atoms with E-state index in [-0.39, 0.29) is 5.69 Å². The molecule has 5 heteroatoms. The summed E-state index contributed by atoms with van der Waals surface area (Å²) >= 11 is 0. The van der Waals surface area contributed by atoms with Crippen molar-refractivity contribution in [2.45, 2.75) is 40.0 Å². The van der Waals surface area contributed by atoms with Gasteiger partial charge in [-0.25, -0.2) is 9.48 Å². The summed E-state index contributed by atoms with van der Waals surface area (Å²) in [6.45, 7) is 8.37. The van der Waals surface area contributed by atoms with E-state index in [1.165, 1.54) is 5.56 Å². The van der Waals surface area contributed by atoms with Gasteiger partial charge in [-0.15, -0.1) is 5.10 Å². The maximum atomic E-state index is 11.3. The van der Waals surface area contributed by atoms with Crippen LogP contribution in [0, 0.1) is 5.92 Å². The Morgan fingerprint density at radius 3 is 2.29 bits per heavy atom. The van der Waals surface area contributed by atoms with E-state index in [9.17, 15) is 9.90 Å². The topological polar surface area (TPSA) is 68.0 Å². The number of carboxylic acid groups (broad SMARTS) is 1. The van der Waals surface area contributed by atoms with Crippen LogP contribution < -0.4 is 0 Å². The van der Waals surface area contributed by atoms with Gasteiger partial charge in [-0.1, -0.05) is 45.0 Å². The van der Waals surface area contributed by atoms with Crippen molar-refractivity contribution >= 4 is 5.97 Å². The highest BCUT2D eigenvalue weighted by molar-refractivity contribution is 5.86. The SMILES string of the molecule is CC(C)Cc1c(C(=O)O)nnn1-c1ccc(C(C)C)cc1. The second-order valence-electron chi connectivity index (χ2n) is 5.95. The summed E-state index contributed by atoms with van der Waals surface area (Å²) in [6, 6.07) is 8.00. The molecule has 2 aromatic rings. The van der Waals surface area contributed by atoms with Gasteiger partial charge in [-0.3, -0.25) is 0 Å². The van der Waals surface area contributed by atoms with Crippen molar-refractivity contribution in [1.29, 1.82) is 0 Å². The van der Waals surface area contributed by atoms with Gasteiger partial charge in [0.2, 0.25) is 0 Å². The fourth-order valence-corrected chi connectivity index (χ4v) is 2.25. The van der Waals surface area contributed by atoms with Crippen molar-refractivity contribution < 1.29 is 9.90 Å². The molecule has 0 unspecified atom stereocenters. The maximum absolute atomic E-state index is 11.3. The largest absolute Gasteiger partial charge is 0.476 e. The number of hydrogen-bond acceptors (Lipinski definition) is 3. The predicted molar refractivity (Wildman–Crippen MR) is 80.9 cm³/mol. The lowest BCUT2D eigenvalue weighted by Crippen LogP contribution is -2.10. The third-order valence-electron chi connectivity index (χ3n) is 3.37. The zero-order chi connectivity index (χ0) is 15.6. The van der Waals surface area contributed by atoms with E-state index in [0.29, 0.717) is 24.0 Å². The van der Waals surface area contributed by atoms with E-state index in [1.807, 2.05) is 38.1 Å². The Balaban J connectivity index is 2.45. The molecule has 0 fully saturated rings. The maximum Gasteiger partial charge on any atom is 0.358 e. The number of aromatic carboxylic acids is 1. The van der Waals surface area contributed by atoms with Crippen molar-refractivity contribution in [2.75, 3.05) is 0 Å². The van der Waals surface area contributed by atoms with Crippen LogP contribution in [0.5, 0.6) is 0 Å². The highest BCUT2D eigenvalue weighted by Crippen LogP contribution is 2.20. The standard InChI is InChI=1S/C16H21N3O2/c1-10(2)9-14-15(16(20)21)17-18-19(14)13-7-5-12(6-8-13)11(3)4/h5-8,10-11H,9H2,1-4H3,(H,20,21). The molecule has 0 saturated carbocycles. The lowest BCUT2D eigenvalue weighted by atomic mass is 10.0. The first kappa shape index (κ1) is 15.2. The lowest BCUT2D eigenvalue weighted by Gasteiger charge is -2.11. The summed E-state index contributed by atoms with van der Waals surface area (Å²) in [7, 11) is 0. The molecule has 1 N–H and O–H groups in total. The van der Waals surface area contributed by atoms with Crippen LogP contribution in [0.4, 0.5) is 0 Å². The van der Waals surface area contributed by atoms with E-state index in [2.05, 4.69) is 24.2 Å². The normalized spacial score (nSPS) is 11.3. The van der Waals surface area contributed by atoms with Gasteiger partial charge in [0.1, 0.15) is 0 Å². The number of nitrogens with zero attached hydrogens (tertiary/aromatic N) is 3.